The number of hydrogen-bond acceptors (Lipinski definition) is 5. The van der Waals surface area contributed by atoms with Gasteiger partial charge in [0.1, 0.15) is 11.8 Å². The summed E-state index contributed by atoms with van der Waals surface area (Å²) >= 11 is 0. The van der Waals surface area contributed by atoms with Crippen LogP contribution in [0.2, 0.25) is 0 Å². The number of hydrogen-bond donors (Lipinski definition) is 0. The minimum absolute atomic E-state index is 0.200. The zero-order valence-corrected chi connectivity index (χ0v) is 11.9. The van der Waals surface area contributed by atoms with Crippen molar-refractivity contribution < 1.29 is 17.6 Å². The molecule has 0 aliphatic heterocycles. The number of carbonyl (C=O) groups is 1. The van der Waals surface area contributed by atoms with Crippen molar-refractivity contribution in [2.75, 3.05) is 6.26 Å². The SMILES string of the molecule is CS(=O)(=O)c1ccc2oc(-c3ccc(C=O)cc3)nc2c1. The summed E-state index contributed by atoms with van der Waals surface area (Å²) < 4.78 is 28.7. The predicted octanol–water partition coefficient (Wildman–Crippen LogP) is 2.71. The van der Waals surface area contributed by atoms with E-state index in [1.165, 1.54) is 12.1 Å². The van der Waals surface area contributed by atoms with Crippen LogP contribution >= 0.6 is 0 Å². The van der Waals surface area contributed by atoms with Gasteiger partial charge in [-0.1, -0.05) is 12.1 Å². The number of carbonyl (C=O) groups excluding carboxylic acids is 1. The molecule has 0 fully saturated rings. The Bertz CT molecular complexity index is 924. The summed E-state index contributed by atoms with van der Waals surface area (Å²) in [5.41, 5.74) is 2.27. The maximum Gasteiger partial charge on any atom is 0.227 e. The quantitative estimate of drug-likeness (QED) is 0.695. The average molecular weight is 301 g/mol. The molecule has 0 radical (unpaired) electrons. The Labute approximate surface area is 121 Å². The van der Waals surface area contributed by atoms with E-state index < -0.39 is 9.84 Å². The van der Waals surface area contributed by atoms with Crippen LogP contribution < -0.4 is 0 Å². The summed E-state index contributed by atoms with van der Waals surface area (Å²) in [6.45, 7) is 0. The Hall–Kier alpha value is -2.47. The molecule has 3 rings (SSSR count). The normalized spacial score (nSPS) is 11.7. The molecule has 1 heterocycles. The molecule has 106 valence electrons. The molecule has 2 aromatic carbocycles. The van der Waals surface area contributed by atoms with Gasteiger partial charge in [-0.2, -0.15) is 0 Å². The number of fused-ring (bicyclic) bond motifs is 1. The lowest BCUT2D eigenvalue weighted by atomic mass is 10.1. The lowest BCUT2D eigenvalue weighted by Crippen LogP contribution is -1.95. The van der Waals surface area contributed by atoms with Crippen molar-refractivity contribution in [1.29, 1.82) is 0 Å². The van der Waals surface area contributed by atoms with Crippen LogP contribution in [0, 0.1) is 0 Å². The van der Waals surface area contributed by atoms with Crippen LogP contribution in [0.5, 0.6) is 0 Å². The molecule has 0 spiro atoms. The Balaban J connectivity index is 2.10. The van der Waals surface area contributed by atoms with E-state index in [0.29, 0.717) is 22.6 Å². The Morgan fingerprint density at radius 3 is 2.43 bits per heavy atom. The van der Waals surface area contributed by atoms with Crippen LogP contribution in [-0.4, -0.2) is 25.9 Å². The van der Waals surface area contributed by atoms with E-state index in [1.54, 1.807) is 30.3 Å². The van der Waals surface area contributed by atoms with Gasteiger partial charge in [0.15, 0.2) is 15.4 Å². The zero-order valence-electron chi connectivity index (χ0n) is 11.1. The molecule has 0 amide bonds. The first-order valence-corrected chi connectivity index (χ1v) is 8.03. The highest BCUT2D eigenvalue weighted by Crippen LogP contribution is 2.26. The number of nitrogens with zero attached hydrogens (tertiary/aromatic N) is 1. The standard InChI is InChI=1S/C15H11NO4S/c1-21(18,19)12-6-7-14-13(8-12)16-15(20-14)11-4-2-10(9-17)3-5-11/h2-9H,1H3. The third-order valence-electron chi connectivity index (χ3n) is 3.08. The largest absolute Gasteiger partial charge is 0.436 e. The number of sulfone groups is 1. The molecular formula is C15H11NO4S. The predicted molar refractivity (Wildman–Crippen MR) is 77.9 cm³/mol. The van der Waals surface area contributed by atoms with Crippen LogP contribution in [0.4, 0.5) is 0 Å². The van der Waals surface area contributed by atoms with Gasteiger partial charge in [0.25, 0.3) is 0 Å². The molecule has 3 aromatic rings. The maximum absolute atomic E-state index is 11.5. The molecule has 0 saturated carbocycles. The third-order valence-corrected chi connectivity index (χ3v) is 4.19. The van der Waals surface area contributed by atoms with Crippen molar-refractivity contribution in [3.63, 3.8) is 0 Å². The lowest BCUT2D eigenvalue weighted by Gasteiger charge is -1.95. The van der Waals surface area contributed by atoms with Crippen LogP contribution in [0.1, 0.15) is 10.4 Å². The van der Waals surface area contributed by atoms with Gasteiger partial charge in [0.2, 0.25) is 5.89 Å². The van der Waals surface area contributed by atoms with Crippen LogP contribution in [-0.2, 0) is 9.84 Å². The highest BCUT2D eigenvalue weighted by molar-refractivity contribution is 7.90. The highest BCUT2D eigenvalue weighted by atomic mass is 32.2. The molecular weight excluding hydrogens is 290 g/mol. The number of rotatable bonds is 3. The number of benzene rings is 2. The Morgan fingerprint density at radius 2 is 1.81 bits per heavy atom. The van der Waals surface area contributed by atoms with Crippen molar-refractivity contribution in [1.82, 2.24) is 4.98 Å². The first-order valence-electron chi connectivity index (χ1n) is 6.13. The zero-order chi connectivity index (χ0) is 15.0. The fourth-order valence-electron chi connectivity index (χ4n) is 1.97. The summed E-state index contributed by atoms with van der Waals surface area (Å²) in [6.07, 6.45) is 1.90. The second-order valence-electron chi connectivity index (χ2n) is 4.66. The monoisotopic (exact) mass is 301 g/mol. The molecule has 1 aromatic heterocycles. The Kier molecular flexibility index (Phi) is 3.10. The molecule has 5 nitrogen and oxygen atoms in total. The minimum Gasteiger partial charge on any atom is -0.436 e. The van der Waals surface area contributed by atoms with E-state index in [9.17, 15) is 13.2 Å². The fourth-order valence-corrected chi connectivity index (χ4v) is 2.61. The number of oxazole rings is 1. The fraction of sp³-hybridized carbons (Fsp3) is 0.0667. The van der Waals surface area contributed by atoms with Crippen molar-refractivity contribution in [3.05, 3.63) is 48.0 Å². The second-order valence-corrected chi connectivity index (χ2v) is 6.68. The first-order chi connectivity index (χ1) is 9.97. The van der Waals surface area contributed by atoms with E-state index in [0.717, 1.165) is 18.1 Å². The van der Waals surface area contributed by atoms with Gasteiger partial charge >= 0.3 is 0 Å². The Morgan fingerprint density at radius 1 is 1.10 bits per heavy atom. The van der Waals surface area contributed by atoms with Gasteiger partial charge in [-0.3, -0.25) is 4.79 Å². The van der Waals surface area contributed by atoms with Crippen LogP contribution in [0.3, 0.4) is 0 Å². The van der Waals surface area contributed by atoms with Crippen LogP contribution in [0.25, 0.3) is 22.6 Å². The average Bonchev–Trinajstić information content (AvgIpc) is 2.89. The van der Waals surface area contributed by atoms with Gasteiger partial charge in [-0.05, 0) is 30.3 Å². The number of aromatic nitrogens is 1. The molecule has 0 aliphatic carbocycles. The maximum atomic E-state index is 11.5. The first kappa shape index (κ1) is 13.5. The molecule has 0 aliphatic rings. The molecule has 0 atom stereocenters. The van der Waals surface area contributed by atoms with E-state index in [1.807, 2.05) is 0 Å². The lowest BCUT2D eigenvalue weighted by molar-refractivity contribution is 0.112. The summed E-state index contributed by atoms with van der Waals surface area (Å²) in [7, 11) is -3.28. The smallest absolute Gasteiger partial charge is 0.227 e. The topological polar surface area (TPSA) is 77.2 Å². The van der Waals surface area contributed by atoms with Crippen molar-refractivity contribution in [2.45, 2.75) is 4.90 Å². The van der Waals surface area contributed by atoms with Gasteiger partial charge < -0.3 is 4.42 Å². The summed E-state index contributed by atoms with van der Waals surface area (Å²) in [4.78, 5) is 15.1. The van der Waals surface area contributed by atoms with Gasteiger partial charge in [-0.15, -0.1) is 0 Å². The molecule has 6 heteroatoms. The van der Waals surface area contributed by atoms with Crippen molar-refractivity contribution >= 4 is 27.2 Å². The van der Waals surface area contributed by atoms with E-state index in [4.69, 9.17) is 4.42 Å². The van der Waals surface area contributed by atoms with E-state index >= 15 is 0 Å². The summed E-state index contributed by atoms with van der Waals surface area (Å²) in [5.74, 6) is 0.383. The summed E-state index contributed by atoms with van der Waals surface area (Å²) in [6, 6.07) is 11.3. The number of aldehydes is 1. The van der Waals surface area contributed by atoms with Gasteiger partial charge in [0, 0.05) is 17.4 Å². The van der Waals surface area contributed by atoms with Gasteiger partial charge in [-0.25, -0.2) is 13.4 Å². The molecule has 0 saturated heterocycles. The highest BCUT2D eigenvalue weighted by Gasteiger charge is 2.12. The molecule has 0 bridgehead atoms. The van der Waals surface area contributed by atoms with E-state index in [-0.39, 0.29) is 4.90 Å². The molecule has 0 N–H and O–H groups in total. The second kappa shape index (κ2) is 4.82. The van der Waals surface area contributed by atoms with Crippen LogP contribution in [0.15, 0.2) is 51.8 Å². The van der Waals surface area contributed by atoms with E-state index in [2.05, 4.69) is 4.98 Å². The third kappa shape index (κ3) is 2.57. The van der Waals surface area contributed by atoms with Gasteiger partial charge in [0.05, 0.1) is 4.90 Å². The van der Waals surface area contributed by atoms with Crippen molar-refractivity contribution in [3.8, 4) is 11.5 Å². The molecule has 21 heavy (non-hydrogen) atoms. The molecule has 0 unspecified atom stereocenters. The van der Waals surface area contributed by atoms with Crippen molar-refractivity contribution in [2.24, 2.45) is 0 Å². The summed E-state index contributed by atoms with van der Waals surface area (Å²) in [5, 5.41) is 0. The minimum atomic E-state index is -3.28.